The molecule has 0 aliphatic carbocycles. The largest absolute Gasteiger partial charge is 0.374 e. The molecule has 0 amide bonds. The average Bonchev–Trinajstić information content (AvgIpc) is 2.09. The first-order valence-electron chi connectivity index (χ1n) is 4.31. The molecule has 1 radical (unpaired) electrons. The summed E-state index contributed by atoms with van der Waals surface area (Å²) in [6.45, 7) is 2.79. The van der Waals surface area contributed by atoms with E-state index in [9.17, 15) is 0 Å². The molecule has 0 unspecified atom stereocenters. The fourth-order valence-corrected chi connectivity index (χ4v) is 1.21. The maximum Gasteiger partial charge on any atom is 0.0718 e. The summed E-state index contributed by atoms with van der Waals surface area (Å²) >= 11 is 0. The molecule has 1 rings (SSSR count). The second-order valence-corrected chi connectivity index (χ2v) is 2.91. The summed E-state index contributed by atoms with van der Waals surface area (Å²) in [5.74, 6) is 0. The van der Waals surface area contributed by atoms with Crippen LogP contribution in [0.15, 0.2) is 24.3 Å². The lowest BCUT2D eigenvalue weighted by atomic mass is 10.1. The summed E-state index contributed by atoms with van der Waals surface area (Å²) in [5.41, 5.74) is 2.58. The highest BCUT2D eigenvalue weighted by Gasteiger charge is 1.92. The number of rotatable bonds is 4. The Hall–Kier alpha value is -0.820. The van der Waals surface area contributed by atoms with Crippen LogP contribution in [-0.4, -0.2) is 0 Å². The number of hydrogen-bond donors (Lipinski definition) is 0. The van der Waals surface area contributed by atoms with Crippen molar-refractivity contribution in [2.24, 2.45) is 0 Å². The van der Waals surface area contributed by atoms with Crippen molar-refractivity contribution in [1.29, 1.82) is 0 Å². The highest BCUT2D eigenvalue weighted by Crippen LogP contribution is 2.07. The van der Waals surface area contributed by atoms with Gasteiger partial charge in [0.05, 0.1) is 13.7 Å². The van der Waals surface area contributed by atoms with E-state index in [0.29, 0.717) is 6.61 Å². The topological polar surface area (TPSA) is 9.23 Å². The van der Waals surface area contributed by atoms with E-state index in [4.69, 9.17) is 4.74 Å². The summed E-state index contributed by atoms with van der Waals surface area (Å²) in [6.07, 6.45) is 2.36. The predicted octanol–water partition coefficient (Wildman–Crippen LogP) is 2.95. The third-order valence-electron chi connectivity index (χ3n) is 1.83. The van der Waals surface area contributed by atoms with Gasteiger partial charge in [-0.2, -0.15) is 0 Å². The predicted molar refractivity (Wildman–Crippen MR) is 50.6 cm³/mol. The van der Waals surface area contributed by atoms with Crippen molar-refractivity contribution in [3.05, 3.63) is 42.5 Å². The smallest absolute Gasteiger partial charge is 0.0718 e. The lowest BCUT2D eigenvalue weighted by Crippen LogP contribution is -1.87. The van der Waals surface area contributed by atoms with Crippen LogP contribution in [0.3, 0.4) is 0 Å². The standard InChI is InChI=1S/C11H15O/c1-3-4-10-5-7-11(8-6-10)9-12-2/h5-8H,2-4,9H2,1H3. The van der Waals surface area contributed by atoms with Crippen molar-refractivity contribution in [3.8, 4) is 0 Å². The van der Waals surface area contributed by atoms with Gasteiger partial charge in [-0.15, -0.1) is 0 Å². The Morgan fingerprint density at radius 2 is 1.75 bits per heavy atom. The van der Waals surface area contributed by atoms with Gasteiger partial charge in [0.1, 0.15) is 0 Å². The molecule has 0 aromatic heterocycles. The molecule has 0 saturated heterocycles. The Morgan fingerprint density at radius 3 is 2.25 bits per heavy atom. The van der Waals surface area contributed by atoms with E-state index in [0.717, 1.165) is 6.42 Å². The summed E-state index contributed by atoms with van der Waals surface area (Å²) in [7, 11) is 3.34. The van der Waals surface area contributed by atoms with Gasteiger partial charge in [-0.1, -0.05) is 37.6 Å². The van der Waals surface area contributed by atoms with E-state index in [1.165, 1.54) is 17.5 Å². The van der Waals surface area contributed by atoms with Gasteiger partial charge in [-0.3, -0.25) is 0 Å². The Kier molecular flexibility index (Phi) is 3.81. The fraction of sp³-hybridized carbons (Fsp3) is 0.364. The molecule has 65 valence electrons. The van der Waals surface area contributed by atoms with Gasteiger partial charge in [-0.25, -0.2) is 0 Å². The van der Waals surface area contributed by atoms with Crippen LogP contribution in [0.4, 0.5) is 0 Å². The first-order chi connectivity index (χ1) is 5.86. The van der Waals surface area contributed by atoms with Crippen molar-refractivity contribution in [2.75, 3.05) is 0 Å². The number of benzene rings is 1. The molecule has 0 bridgehead atoms. The number of hydrogen-bond acceptors (Lipinski definition) is 1. The van der Waals surface area contributed by atoms with Crippen LogP contribution < -0.4 is 0 Å². The van der Waals surface area contributed by atoms with Crippen molar-refractivity contribution in [3.63, 3.8) is 0 Å². The van der Waals surface area contributed by atoms with Gasteiger partial charge >= 0.3 is 0 Å². The van der Waals surface area contributed by atoms with Gasteiger partial charge in [0, 0.05) is 0 Å². The quantitative estimate of drug-likeness (QED) is 0.663. The Bertz CT molecular complexity index is 188. The molecule has 0 aliphatic rings. The van der Waals surface area contributed by atoms with Crippen LogP contribution in [-0.2, 0) is 17.8 Å². The van der Waals surface area contributed by atoms with E-state index >= 15 is 0 Å². The second-order valence-electron chi connectivity index (χ2n) is 2.91. The zero-order valence-corrected chi connectivity index (χ0v) is 7.55. The Balaban J connectivity index is 2.58. The van der Waals surface area contributed by atoms with Gasteiger partial charge in [-0.05, 0) is 17.5 Å². The van der Waals surface area contributed by atoms with E-state index in [2.05, 4.69) is 38.3 Å². The van der Waals surface area contributed by atoms with E-state index in [-0.39, 0.29) is 0 Å². The van der Waals surface area contributed by atoms with Crippen LogP contribution in [0.1, 0.15) is 24.5 Å². The van der Waals surface area contributed by atoms with Crippen LogP contribution in [0, 0.1) is 7.11 Å². The first kappa shape index (κ1) is 9.27. The normalized spacial score (nSPS) is 10.2. The molecule has 1 aromatic rings. The third kappa shape index (κ3) is 2.67. The van der Waals surface area contributed by atoms with Gasteiger partial charge in [0.15, 0.2) is 0 Å². The number of aryl methyl sites for hydroxylation is 1. The summed E-state index contributed by atoms with van der Waals surface area (Å²) < 4.78 is 4.78. The summed E-state index contributed by atoms with van der Waals surface area (Å²) in [4.78, 5) is 0. The molecule has 0 N–H and O–H groups in total. The average molecular weight is 163 g/mol. The molecular formula is C11H15O. The molecule has 0 saturated carbocycles. The Labute approximate surface area is 74.4 Å². The SMILES string of the molecule is [CH2]OCc1ccc(CCC)cc1. The molecule has 0 atom stereocenters. The third-order valence-corrected chi connectivity index (χ3v) is 1.83. The Morgan fingerprint density at radius 1 is 1.17 bits per heavy atom. The lowest BCUT2D eigenvalue weighted by Gasteiger charge is -2.01. The molecule has 0 spiro atoms. The molecule has 0 aliphatic heterocycles. The highest BCUT2D eigenvalue weighted by molar-refractivity contribution is 5.21. The van der Waals surface area contributed by atoms with Gasteiger partial charge < -0.3 is 4.74 Å². The zero-order chi connectivity index (χ0) is 8.81. The minimum atomic E-state index is 0.604. The molecule has 0 heterocycles. The van der Waals surface area contributed by atoms with Crippen LogP contribution in [0.5, 0.6) is 0 Å². The van der Waals surface area contributed by atoms with Gasteiger partial charge in [0.25, 0.3) is 0 Å². The maximum absolute atomic E-state index is 4.78. The van der Waals surface area contributed by atoms with E-state index in [1.54, 1.807) is 0 Å². The minimum Gasteiger partial charge on any atom is -0.374 e. The zero-order valence-electron chi connectivity index (χ0n) is 7.55. The monoisotopic (exact) mass is 163 g/mol. The van der Waals surface area contributed by atoms with Crippen LogP contribution in [0.25, 0.3) is 0 Å². The molecular weight excluding hydrogens is 148 g/mol. The van der Waals surface area contributed by atoms with Crippen molar-refractivity contribution < 1.29 is 4.74 Å². The summed E-state index contributed by atoms with van der Waals surface area (Å²) in [6, 6.07) is 8.49. The minimum absolute atomic E-state index is 0.604. The van der Waals surface area contributed by atoms with Crippen LogP contribution in [0.2, 0.25) is 0 Å². The highest BCUT2D eigenvalue weighted by atomic mass is 16.5. The molecule has 1 nitrogen and oxygen atoms in total. The van der Waals surface area contributed by atoms with Crippen molar-refractivity contribution >= 4 is 0 Å². The molecule has 12 heavy (non-hydrogen) atoms. The van der Waals surface area contributed by atoms with Gasteiger partial charge in [0.2, 0.25) is 0 Å². The van der Waals surface area contributed by atoms with Crippen LogP contribution >= 0.6 is 0 Å². The van der Waals surface area contributed by atoms with E-state index < -0.39 is 0 Å². The maximum atomic E-state index is 4.78. The lowest BCUT2D eigenvalue weighted by molar-refractivity contribution is 0.229. The van der Waals surface area contributed by atoms with Crippen molar-refractivity contribution in [1.82, 2.24) is 0 Å². The molecule has 1 aromatic carbocycles. The second kappa shape index (κ2) is 4.94. The molecule has 0 fully saturated rings. The number of ether oxygens (including phenoxy) is 1. The first-order valence-corrected chi connectivity index (χ1v) is 4.31. The summed E-state index contributed by atoms with van der Waals surface area (Å²) in [5, 5.41) is 0. The fourth-order valence-electron chi connectivity index (χ4n) is 1.21. The van der Waals surface area contributed by atoms with E-state index in [1.807, 2.05) is 0 Å². The molecule has 1 heteroatoms. The van der Waals surface area contributed by atoms with Crippen molar-refractivity contribution in [2.45, 2.75) is 26.4 Å².